The van der Waals surface area contributed by atoms with Crippen molar-refractivity contribution in [3.63, 3.8) is 0 Å². The van der Waals surface area contributed by atoms with Gasteiger partial charge in [0.25, 0.3) is 0 Å². The maximum absolute atomic E-state index is 10.8. The second-order valence-corrected chi connectivity index (χ2v) is 4.29. The molecule has 100 valence electrons. The minimum absolute atomic E-state index is 0.250. The summed E-state index contributed by atoms with van der Waals surface area (Å²) in [5, 5.41) is 11.8. The summed E-state index contributed by atoms with van der Waals surface area (Å²) >= 11 is 0. The molecule has 3 aromatic rings. The molecule has 0 aliphatic carbocycles. The molecule has 0 saturated carbocycles. The molecule has 2 aromatic heterocycles. The first kappa shape index (κ1) is 12.2. The molecule has 0 atom stereocenters. The number of nitrogens with one attached hydrogen (secondary N) is 2. The molecule has 0 amide bonds. The van der Waals surface area contributed by atoms with Gasteiger partial charge in [-0.2, -0.15) is 0 Å². The fraction of sp³-hybridized carbons (Fsp3) is 0.0714. The summed E-state index contributed by atoms with van der Waals surface area (Å²) < 4.78 is 0. The van der Waals surface area contributed by atoms with Gasteiger partial charge >= 0.3 is 5.97 Å². The maximum atomic E-state index is 10.8. The number of aromatic nitrogens is 3. The summed E-state index contributed by atoms with van der Waals surface area (Å²) in [5.41, 5.74) is 2.52. The Hall–Kier alpha value is -2.89. The molecule has 0 saturated heterocycles. The predicted molar refractivity (Wildman–Crippen MR) is 75.8 cm³/mol. The third kappa shape index (κ3) is 2.07. The Labute approximate surface area is 114 Å². The number of benzene rings is 1. The standard InChI is InChI=1S/C14H12N4O2/c1-15-11-7-6-10-13(17-11)18-12(16-10)8-2-4-9(5-3-8)14(19)20/h2-7H,1H3,(H,19,20)(H2,15,16,17,18). The number of carboxylic acids is 1. The molecule has 2 heterocycles. The van der Waals surface area contributed by atoms with E-state index < -0.39 is 5.97 Å². The van der Waals surface area contributed by atoms with Crippen LogP contribution in [0, 0.1) is 0 Å². The van der Waals surface area contributed by atoms with E-state index in [1.54, 1.807) is 31.3 Å². The number of rotatable bonds is 3. The highest BCUT2D eigenvalue weighted by atomic mass is 16.4. The van der Waals surface area contributed by atoms with Crippen LogP contribution in [0.4, 0.5) is 5.82 Å². The average Bonchev–Trinajstić information content (AvgIpc) is 2.90. The van der Waals surface area contributed by atoms with E-state index in [-0.39, 0.29) is 5.56 Å². The molecule has 0 fully saturated rings. The first-order valence-corrected chi connectivity index (χ1v) is 6.05. The largest absolute Gasteiger partial charge is 0.478 e. The zero-order valence-electron chi connectivity index (χ0n) is 10.7. The number of carbonyl (C=O) groups is 1. The van der Waals surface area contributed by atoms with E-state index in [1.165, 1.54) is 0 Å². The monoisotopic (exact) mass is 268 g/mol. The molecule has 6 heteroatoms. The number of hydrogen-bond donors (Lipinski definition) is 3. The number of carboxylic acid groups (broad SMARTS) is 1. The molecule has 3 rings (SSSR count). The Bertz CT molecular complexity index is 777. The number of nitrogens with zero attached hydrogens (tertiary/aromatic N) is 2. The van der Waals surface area contributed by atoms with Crippen LogP contribution in [0.5, 0.6) is 0 Å². The van der Waals surface area contributed by atoms with Crippen LogP contribution in [0.15, 0.2) is 36.4 Å². The van der Waals surface area contributed by atoms with Gasteiger partial charge in [-0.1, -0.05) is 12.1 Å². The molecular formula is C14H12N4O2. The second-order valence-electron chi connectivity index (χ2n) is 4.29. The molecular weight excluding hydrogens is 256 g/mol. The van der Waals surface area contributed by atoms with Gasteiger partial charge in [0.15, 0.2) is 5.65 Å². The fourth-order valence-corrected chi connectivity index (χ4v) is 1.94. The number of H-pyrrole nitrogens is 1. The summed E-state index contributed by atoms with van der Waals surface area (Å²) in [6.07, 6.45) is 0. The van der Waals surface area contributed by atoms with E-state index in [2.05, 4.69) is 20.3 Å². The van der Waals surface area contributed by atoms with Crippen LogP contribution in [-0.2, 0) is 0 Å². The van der Waals surface area contributed by atoms with Gasteiger partial charge in [-0.15, -0.1) is 0 Å². The van der Waals surface area contributed by atoms with E-state index in [4.69, 9.17) is 5.11 Å². The first-order valence-electron chi connectivity index (χ1n) is 6.05. The average molecular weight is 268 g/mol. The lowest BCUT2D eigenvalue weighted by Gasteiger charge is -1.97. The van der Waals surface area contributed by atoms with Crippen LogP contribution in [-0.4, -0.2) is 33.1 Å². The van der Waals surface area contributed by atoms with Crippen LogP contribution in [0.2, 0.25) is 0 Å². The minimum Gasteiger partial charge on any atom is -0.478 e. The van der Waals surface area contributed by atoms with Crippen LogP contribution in [0.1, 0.15) is 10.4 Å². The lowest BCUT2D eigenvalue weighted by atomic mass is 10.1. The number of aromatic amines is 1. The summed E-state index contributed by atoms with van der Waals surface area (Å²) in [7, 11) is 1.80. The lowest BCUT2D eigenvalue weighted by molar-refractivity contribution is 0.0697. The van der Waals surface area contributed by atoms with Crippen molar-refractivity contribution < 1.29 is 9.90 Å². The van der Waals surface area contributed by atoms with Crippen molar-refractivity contribution in [2.75, 3.05) is 12.4 Å². The van der Waals surface area contributed by atoms with Crippen LogP contribution >= 0.6 is 0 Å². The molecule has 0 aliphatic heterocycles. The van der Waals surface area contributed by atoms with Gasteiger partial charge in [-0.25, -0.2) is 14.8 Å². The third-order valence-corrected chi connectivity index (χ3v) is 3.01. The van der Waals surface area contributed by atoms with Crippen molar-refractivity contribution in [2.45, 2.75) is 0 Å². The van der Waals surface area contributed by atoms with Gasteiger partial charge in [0, 0.05) is 12.6 Å². The number of pyridine rings is 1. The number of fused-ring (bicyclic) bond motifs is 1. The van der Waals surface area contributed by atoms with Gasteiger partial charge in [-0.05, 0) is 24.3 Å². The zero-order chi connectivity index (χ0) is 14.1. The van der Waals surface area contributed by atoms with Crippen LogP contribution in [0.3, 0.4) is 0 Å². The molecule has 0 spiro atoms. The van der Waals surface area contributed by atoms with E-state index in [0.29, 0.717) is 11.5 Å². The van der Waals surface area contributed by atoms with E-state index in [0.717, 1.165) is 16.9 Å². The molecule has 0 radical (unpaired) electrons. The maximum Gasteiger partial charge on any atom is 0.335 e. The summed E-state index contributed by atoms with van der Waals surface area (Å²) in [6.45, 7) is 0. The number of hydrogen-bond acceptors (Lipinski definition) is 4. The SMILES string of the molecule is CNc1ccc2[nH]c(-c3ccc(C(=O)O)cc3)nc2n1. The number of aromatic carboxylic acids is 1. The lowest BCUT2D eigenvalue weighted by Crippen LogP contribution is -1.95. The van der Waals surface area contributed by atoms with Crippen molar-refractivity contribution in [1.29, 1.82) is 0 Å². The topological polar surface area (TPSA) is 90.9 Å². The smallest absolute Gasteiger partial charge is 0.335 e. The van der Waals surface area contributed by atoms with Crippen LogP contribution < -0.4 is 5.32 Å². The normalized spacial score (nSPS) is 10.7. The first-order chi connectivity index (χ1) is 9.67. The molecule has 0 aliphatic rings. The van der Waals surface area contributed by atoms with Gasteiger partial charge in [-0.3, -0.25) is 0 Å². The molecule has 3 N–H and O–H groups in total. The van der Waals surface area contributed by atoms with Gasteiger partial charge in [0.1, 0.15) is 11.6 Å². The van der Waals surface area contributed by atoms with Gasteiger partial charge in [0.2, 0.25) is 0 Å². The van der Waals surface area contributed by atoms with Crippen molar-refractivity contribution in [2.24, 2.45) is 0 Å². The Morgan fingerprint density at radius 3 is 2.55 bits per heavy atom. The number of imidazole rings is 1. The minimum atomic E-state index is -0.943. The van der Waals surface area contributed by atoms with E-state index >= 15 is 0 Å². The molecule has 1 aromatic carbocycles. The Kier molecular flexibility index (Phi) is 2.83. The van der Waals surface area contributed by atoms with Crippen LogP contribution in [0.25, 0.3) is 22.6 Å². The highest BCUT2D eigenvalue weighted by Gasteiger charge is 2.08. The molecule has 0 bridgehead atoms. The summed E-state index contributed by atoms with van der Waals surface area (Å²) in [5.74, 6) is 0.468. The van der Waals surface area contributed by atoms with Crippen molar-refractivity contribution in [1.82, 2.24) is 15.0 Å². The van der Waals surface area contributed by atoms with E-state index in [1.807, 2.05) is 12.1 Å². The Morgan fingerprint density at radius 1 is 1.15 bits per heavy atom. The predicted octanol–water partition coefficient (Wildman–Crippen LogP) is 2.36. The number of anilines is 1. The van der Waals surface area contributed by atoms with E-state index in [9.17, 15) is 4.79 Å². The zero-order valence-corrected chi connectivity index (χ0v) is 10.7. The van der Waals surface area contributed by atoms with Gasteiger partial charge in [0.05, 0.1) is 11.1 Å². The van der Waals surface area contributed by atoms with Crippen molar-refractivity contribution in [3.05, 3.63) is 42.0 Å². The molecule has 6 nitrogen and oxygen atoms in total. The third-order valence-electron chi connectivity index (χ3n) is 3.01. The summed E-state index contributed by atoms with van der Waals surface area (Å²) in [4.78, 5) is 22.7. The highest BCUT2D eigenvalue weighted by Crippen LogP contribution is 2.21. The Morgan fingerprint density at radius 2 is 1.90 bits per heavy atom. The highest BCUT2D eigenvalue weighted by molar-refractivity contribution is 5.88. The van der Waals surface area contributed by atoms with Crippen molar-refractivity contribution >= 4 is 23.0 Å². The molecule has 0 unspecified atom stereocenters. The quantitative estimate of drug-likeness (QED) is 0.678. The Balaban J connectivity index is 2.03. The summed E-state index contributed by atoms with van der Waals surface area (Å²) in [6, 6.07) is 10.3. The molecule has 20 heavy (non-hydrogen) atoms. The van der Waals surface area contributed by atoms with Gasteiger partial charge < -0.3 is 15.4 Å². The second kappa shape index (κ2) is 4.65. The van der Waals surface area contributed by atoms with Crippen molar-refractivity contribution in [3.8, 4) is 11.4 Å². The fourth-order valence-electron chi connectivity index (χ4n) is 1.94.